The fraction of sp³-hybridized carbons (Fsp3) is 0.667. The lowest BCUT2D eigenvalue weighted by molar-refractivity contribution is -0.505. The Hall–Kier alpha value is -1.79. The van der Waals surface area contributed by atoms with E-state index in [2.05, 4.69) is 24.0 Å². The van der Waals surface area contributed by atoms with Gasteiger partial charge in [-0.15, -0.1) is 0 Å². The molecule has 11 heteroatoms. The molecular formula is C9H10O11. The first-order valence-corrected chi connectivity index (χ1v) is 5.30. The normalized spacial score (nSPS) is 37.4. The Labute approximate surface area is 110 Å². The lowest BCUT2D eigenvalue weighted by Crippen LogP contribution is -2.62. The highest BCUT2D eigenvalue weighted by molar-refractivity contribution is 5.91. The first-order valence-electron chi connectivity index (χ1n) is 5.30. The van der Waals surface area contributed by atoms with Gasteiger partial charge in [0.1, 0.15) is 13.2 Å². The number of carbonyl (C=O) groups excluding carboxylic acids is 3. The van der Waals surface area contributed by atoms with Crippen molar-refractivity contribution >= 4 is 17.9 Å². The molecule has 112 valence electrons. The van der Waals surface area contributed by atoms with Gasteiger partial charge in [0.25, 0.3) is 0 Å². The Bertz CT molecular complexity index is 433. The smallest absolute Gasteiger partial charge is 0.388 e. The summed E-state index contributed by atoms with van der Waals surface area (Å²) in [6, 6.07) is 0. The quantitative estimate of drug-likeness (QED) is 0.267. The van der Waals surface area contributed by atoms with Crippen molar-refractivity contribution in [3.05, 3.63) is 0 Å². The van der Waals surface area contributed by atoms with Gasteiger partial charge in [-0.1, -0.05) is 0 Å². The molecule has 0 saturated carbocycles. The van der Waals surface area contributed by atoms with E-state index in [-0.39, 0.29) is 0 Å². The molecule has 20 heavy (non-hydrogen) atoms. The van der Waals surface area contributed by atoms with E-state index in [1.54, 1.807) is 0 Å². The minimum absolute atomic E-state index is 0.970. The van der Waals surface area contributed by atoms with Gasteiger partial charge in [0.15, 0.2) is 0 Å². The fourth-order valence-electron chi connectivity index (χ4n) is 1.40. The van der Waals surface area contributed by atoms with Crippen LogP contribution in [-0.2, 0) is 38.4 Å². The number of hydrogen-bond acceptors (Lipinski definition) is 11. The second kappa shape index (κ2) is 4.96. The van der Waals surface area contributed by atoms with Crippen LogP contribution >= 0.6 is 0 Å². The van der Waals surface area contributed by atoms with E-state index in [1.165, 1.54) is 0 Å². The molecule has 3 aliphatic heterocycles. The maximum Gasteiger partial charge on any atom is 0.388 e. The molecule has 3 heterocycles. The van der Waals surface area contributed by atoms with Crippen molar-refractivity contribution in [3.8, 4) is 0 Å². The molecule has 0 radical (unpaired) electrons. The van der Waals surface area contributed by atoms with Gasteiger partial charge in [-0.25, -0.2) is 14.4 Å². The molecular weight excluding hydrogens is 284 g/mol. The van der Waals surface area contributed by atoms with Crippen molar-refractivity contribution in [1.82, 2.24) is 0 Å². The lowest BCUT2D eigenvalue weighted by Gasteiger charge is -2.37. The third-order valence-corrected chi connectivity index (χ3v) is 2.55. The lowest BCUT2D eigenvalue weighted by atomic mass is 10.2. The topological polar surface area (TPSA) is 158 Å². The maximum atomic E-state index is 11.7. The van der Waals surface area contributed by atoms with Gasteiger partial charge in [0.2, 0.25) is 6.10 Å². The third kappa shape index (κ3) is 2.01. The summed E-state index contributed by atoms with van der Waals surface area (Å²) in [5.74, 6) is -9.68. The van der Waals surface area contributed by atoms with Crippen molar-refractivity contribution in [2.24, 2.45) is 0 Å². The van der Waals surface area contributed by atoms with Gasteiger partial charge in [-0.3, -0.25) is 0 Å². The van der Waals surface area contributed by atoms with E-state index in [0.29, 0.717) is 0 Å². The van der Waals surface area contributed by atoms with E-state index >= 15 is 0 Å². The first kappa shape index (κ1) is 14.6. The molecule has 3 N–H and O–H groups in total. The van der Waals surface area contributed by atoms with Crippen molar-refractivity contribution in [3.63, 3.8) is 0 Å². The number of aliphatic hydroxyl groups is 3. The predicted molar refractivity (Wildman–Crippen MR) is 51.0 cm³/mol. The molecule has 0 aliphatic carbocycles. The van der Waals surface area contributed by atoms with Crippen LogP contribution in [0.15, 0.2) is 0 Å². The molecule has 2 bridgehead atoms. The van der Waals surface area contributed by atoms with Crippen molar-refractivity contribution in [2.45, 2.75) is 17.7 Å². The molecule has 3 fully saturated rings. The van der Waals surface area contributed by atoms with E-state index in [9.17, 15) is 14.4 Å². The second-order valence-corrected chi connectivity index (χ2v) is 3.88. The SMILES string of the molecule is O=C1OC2(CO)OOC(CO)(OC2=O)C(=O)OC1CO. The maximum absolute atomic E-state index is 11.7. The van der Waals surface area contributed by atoms with Crippen LogP contribution in [0, 0.1) is 0 Å². The third-order valence-electron chi connectivity index (χ3n) is 2.55. The summed E-state index contributed by atoms with van der Waals surface area (Å²) in [7, 11) is 0. The van der Waals surface area contributed by atoms with E-state index in [0.717, 1.165) is 0 Å². The summed E-state index contributed by atoms with van der Waals surface area (Å²) < 4.78 is 13.6. The van der Waals surface area contributed by atoms with Crippen molar-refractivity contribution < 1.29 is 53.7 Å². The summed E-state index contributed by atoms with van der Waals surface area (Å²) in [6.45, 7) is -3.35. The highest BCUT2D eigenvalue weighted by Crippen LogP contribution is 2.32. The number of carbonyl (C=O) groups is 3. The zero-order valence-corrected chi connectivity index (χ0v) is 9.81. The molecule has 3 atom stereocenters. The molecule has 3 aliphatic rings. The van der Waals surface area contributed by atoms with Gasteiger partial charge in [-0.2, -0.15) is 9.78 Å². The van der Waals surface area contributed by atoms with Crippen molar-refractivity contribution in [2.75, 3.05) is 19.8 Å². The summed E-state index contributed by atoms with van der Waals surface area (Å²) in [5.41, 5.74) is 0. The number of aliphatic hydroxyl groups excluding tert-OH is 3. The van der Waals surface area contributed by atoms with Crippen LogP contribution in [0.5, 0.6) is 0 Å². The molecule has 3 unspecified atom stereocenters. The second-order valence-electron chi connectivity index (χ2n) is 3.88. The van der Waals surface area contributed by atoms with Crippen LogP contribution in [-0.4, -0.2) is 70.7 Å². The fourth-order valence-corrected chi connectivity index (χ4v) is 1.40. The molecule has 0 aromatic rings. The van der Waals surface area contributed by atoms with Gasteiger partial charge in [0.05, 0.1) is 6.61 Å². The standard InChI is InChI=1S/C9H10O11/c10-1-4-5(13)17-9(3-12)7(15)18-8(2-11,19-20-9)6(14)16-4/h4,10-12H,1-3H2. The van der Waals surface area contributed by atoms with Gasteiger partial charge < -0.3 is 29.5 Å². The summed E-state index contributed by atoms with van der Waals surface area (Å²) in [6.07, 6.45) is -1.81. The molecule has 0 aromatic carbocycles. The number of esters is 3. The summed E-state index contributed by atoms with van der Waals surface area (Å²) in [4.78, 5) is 43.9. The van der Waals surface area contributed by atoms with E-state index in [4.69, 9.17) is 15.3 Å². The Morgan fingerprint density at radius 3 is 1.95 bits per heavy atom. The van der Waals surface area contributed by atoms with Crippen LogP contribution in [0.4, 0.5) is 0 Å². The zero-order chi connectivity index (χ0) is 15.0. The van der Waals surface area contributed by atoms with Gasteiger partial charge in [-0.05, 0) is 0 Å². The van der Waals surface area contributed by atoms with Crippen LogP contribution in [0.2, 0.25) is 0 Å². The average Bonchev–Trinajstić information content (AvgIpc) is 2.51. The minimum atomic E-state index is -2.67. The predicted octanol–water partition coefficient (Wildman–Crippen LogP) is -3.67. The number of fused-ring (bicyclic) bond motifs is 6. The van der Waals surface area contributed by atoms with Crippen LogP contribution in [0.3, 0.4) is 0 Å². The van der Waals surface area contributed by atoms with Crippen LogP contribution in [0.25, 0.3) is 0 Å². The molecule has 3 rings (SSSR count). The molecule has 11 nitrogen and oxygen atoms in total. The Morgan fingerprint density at radius 2 is 1.45 bits per heavy atom. The first-order chi connectivity index (χ1) is 9.43. The number of hydrogen-bond donors (Lipinski definition) is 3. The van der Waals surface area contributed by atoms with Crippen molar-refractivity contribution in [1.29, 1.82) is 0 Å². The van der Waals surface area contributed by atoms with Gasteiger partial charge in [0, 0.05) is 0 Å². The highest BCUT2D eigenvalue weighted by atomic mass is 17.3. The monoisotopic (exact) mass is 294 g/mol. The van der Waals surface area contributed by atoms with Gasteiger partial charge >= 0.3 is 29.5 Å². The highest BCUT2D eigenvalue weighted by Gasteiger charge is 2.63. The summed E-state index contributed by atoms with van der Waals surface area (Å²) >= 11 is 0. The van der Waals surface area contributed by atoms with Crippen LogP contribution in [0.1, 0.15) is 0 Å². The summed E-state index contributed by atoms with van der Waals surface area (Å²) in [5, 5.41) is 27.2. The molecule has 0 aromatic heterocycles. The molecule has 0 amide bonds. The Balaban J connectivity index is 2.46. The Kier molecular flexibility index (Phi) is 3.62. The molecule has 0 spiro atoms. The van der Waals surface area contributed by atoms with E-state index < -0.39 is 55.4 Å². The zero-order valence-electron chi connectivity index (χ0n) is 9.81. The molecule has 3 saturated heterocycles. The Morgan fingerprint density at radius 1 is 0.900 bits per heavy atom. The largest absolute Gasteiger partial charge is 0.443 e. The van der Waals surface area contributed by atoms with E-state index in [1.807, 2.05) is 0 Å². The number of ether oxygens (including phenoxy) is 3. The minimum Gasteiger partial charge on any atom is -0.443 e. The average molecular weight is 294 g/mol. The number of rotatable bonds is 3. The van der Waals surface area contributed by atoms with Crippen LogP contribution < -0.4 is 0 Å².